The van der Waals surface area contributed by atoms with Crippen LogP contribution in [-0.4, -0.2) is 21.8 Å². The number of carboxylic acids is 1. The number of carbonyl (C=O) groups excluding carboxylic acids is 1. The molecule has 1 aromatic carbocycles. The first kappa shape index (κ1) is 11.7. The highest BCUT2D eigenvalue weighted by atomic mass is 32.1. The second-order valence-electron chi connectivity index (χ2n) is 4.02. The smallest absolute Gasteiger partial charge is 0.377 e. The molecule has 2 aromatic rings. The van der Waals surface area contributed by atoms with Crippen LogP contribution in [0.25, 0.3) is 10.2 Å². The lowest BCUT2D eigenvalue weighted by Gasteiger charge is -1.95. The van der Waals surface area contributed by atoms with Gasteiger partial charge in [-0.1, -0.05) is 13.8 Å². The molecule has 0 bridgehead atoms. The van der Waals surface area contributed by atoms with Crippen LogP contribution in [0.15, 0.2) is 18.2 Å². The Labute approximate surface area is 102 Å². The minimum Gasteiger partial charge on any atom is -0.475 e. The second-order valence-corrected chi connectivity index (χ2v) is 5.09. The normalized spacial score (nSPS) is 11.0. The van der Waals surface area contributed by atoms with Gasteiger partial charge in [0.15, 0.2) is 0 Å². The number of hydrogen-bond donors (Lipinski definition) is 1. The summed E-state index contributed by atoms with van der Waals surface area (Å²) in [5.74, 6) is -2.01. The highest BCUT2D eigenvalue weighted by Crippen LogP contribution is 2.27. The highest BCUT2D eigenvalue weighted by molar-refractivity contribution is 7.18. The number of nitrogens with zero attached hydrogens (tertiary/aromatic N) is 1. The minimum atomic E-state index is -1.44. The fourth-order valence-electron chi connectivity index (χ4n) is 1.46. The second kappa shape index (κ2) is 4.25. The van der Waals surface area contributed by atoms with Crippen LogP contribution in [0.1, 0.15) is 35.1 Å². The average molecular weight is 249 g/mol. The molecule has 0 fully saturated rings. The van der Waals surface area contributed by atoms with E-state index in [9.17, 15) is 9.59 Å². The molecular formula is C12H11NO3S. The Balaban J connectivity index is 2.50. The largest absolute Gasteiger partial charge is 0.475 e. The van der Waals surface area contributed by atoms with E-state index in [4.69, 9.17) is 5.11 Å². The summed E-state index contributed by atoms with van der Waals surface area (Å²) in [5, 5.41) is 9.62. The molecule has 88 valence electrons. The summed E-state index contributed by atoms with van der Waals surface area (Å²) in [6, 6.07) is 4.81. The zero-order valence-corrected chi connectivity index (χ0v) is 10.2. The standard InChI is InChI=1S/C12H11NO3S/c1-6(2)11-13-8-5-7(10(14)12(15)16)3-4-9(8)17-11/h3-6H,1-2H3,(H,15,16). The van der Waals surface area contributed by atoms with Crippen molar-refractivity contribution in [2.75, 3.05) is 0 Å². The van der Waals surface area contributed by atoms with Crippen LogP contribution in [0.2, 0.25) is 0 Å². The Bertz CT molecular complexity index is 601. The van der Waals surface area contributed by atoms with Gasteiger partial charge in [-0.25, -0.2) is 9.78 Å². The van der Waals surface area contributed by atoms with Gasteiger partial charge in [0, 0.05) is 11.5 Å². The quantitative estimate of drug-likeness (QED) is 0.670. The summed E-state index contributed by atoms with van der Waals surface area (Å²) in [7, 11) is 0. The molecule has 2 rings (SSSR count). The van der Waals surface area contributed by atoms with Crippen LogP contribution in [0.4, 0.5) is 0 Å². The van der Waals surface area contributed by atoms with Crippen LogP contribution in [-0.2, 0) is 4.79 Å². The summed E-state index contributed by atoms with van der Waals surface area (Å²) in [6.07, 6.45) is 0. The van der Waals surface area contributed by atoms with Crippen molar-refractivity contribution in [3.05, 3.63) is 28.8 Å². The number of carboxylic acid groups (broad SMARTS) is 1. The summed E-state index contributed by atoms with van der Waals surface area (Å²) < 4.78 is 0.968. The van der Waals surface area contributed by atoms with E-state index < -0.39 is 11.8 Å². The molecular weight excluding hydrogens is 238 g/mol. The number of aromatic nitrogens is 1. The number of hydrogen-bond acceptors (Lipinski definition) is 4. The number of thiazole rings is 1. The molecule has 17 heavy (non-hydrogen) atoms. The number of aliphatic carboxylic acids is 1. The van der Waals surface area contributed by atoms with Gasteiger partial charge in [0.05, 0.1) is 15.2 Å². The molecule has 0 radical (unpaired) electrons. The van der Waals surface area contributed by atoms with Crippen molar-refractivity contribution in [1.29, 1.82) is 0 Å². The molecule has 0 saturated carbocycles. The van der Waals surface area contributed by atoms with Crippen LogP contribution in [0, 0.1) is 0 Å². The predicted octanol–water partition coefficient (Wildman–Crippen LogP) is 2.69. The van der Waals surface area contributed by atoms with Gasteiger partial charge < -0.3 is 5.11 Å². The van der Waals surface area contributed by atoms with Crippen LogP contribution in [0.3, 0.4) is 0 Å². The molecule has 0 unspecified atom stereocenters. The predicted molar refractivity (Wildman–Crippen MR) is 65.7 cm³/mol. The highest BCUT2D eigenvalue weighted by Gasteiger charge is 2.16. The molecule has 0 amide bonds. The molecule has 1 aromatic heterocycles. The van der Waals surface area contributed by atoms with E-state index in [0.29, 0.717) is 11.4 Å². The average Bonchev–Trinajstić information content (AvgIpc) is 2.70. The van der Waals surface area contributed by atoms with Crippen LogP contribution >= 0.6 is 11.3 Å². The molecule has 1 N–H and O–H groups in total. The van der Waals surface area contributed by atoms with E-state index in [1.54, 1.807) is 17.4 Å². The van der Waals surface area contributed by atoms with E-state index >= 15 is 0 Å². The molecule has 0 aliphatic rings. The van der Waals surface area contributed by atoms with E-state index in [2.05, 4.69) is 4.98 Å². The van der Waals surface area contributed by atoms with Crippen LogP contribution in [0.5, 0.6) is 0 Å². The zero-order valence-electron chi connectivity index (χ0n) is 9.43. The Morgan fingerprint density at radius 2 is 2.06 bits per heavy atom. The SMILES string of the molecule is CC(C)c1nc2cc(C(=O)C(=O)O)ccc2s1. The van der Waals surface area contributed by atoms with Crippen molar-refractivity contribution in [1.82, 2.24) is 4.98 Å². The topological polar surface area (TPSA) is 67.3 Å². The van der Waals surface area contributed by atoms with Crippen molar-refractivity contribution in [3.63, 3.8) is 0 Å². The van der Waals surface area contributed by atoms with Crippen molar-refractivity contribution in [2.45, 2.75) is 19.8 Å². The maximum absolute atomic E-state index is 11.3. The zero-order chi connectivity index (χ0) is 12.6. The van der Waals surface area contributed by atoms with Gasteiger partial charge in [-0.05, 0) is 18.2 Å². The van der Waals surface area contributed by atoms with E-state index in [-0.39, 0.29) is 5.56 Å². The summed E-state index contributed by atoms with van der Waals surface area (Å²) >= 11 is 1.56. The number of carbonyl (C=O) groups is 2. The van der Waals surface area contributed by atoms with E-state index in [0.717, 1.165) is 9.71 Å². The van der Waals surface area contributed by atoms with Gasteiger partial charge >= 0.3 is 5.97 Å². The minimum absolute atomic E-state index is 0.172. The number of rotatable bonds is 3. The fourth-order valence-corrected chi connectivity index (χ4v) is 2.41. The van der Waals surface area contributed by atoms with Gasteiger partial charge in [-0.2, -0.15) is 0 Å². The number of ketones is 1. The molecule has 0 atom stereocenters. The first-order chi connectivity index (χ1) is 7.99. The molecule has 0 aliphatic heterocycles. The van der Waals surface area contributed by atoms with E-state index in [1.807, 2.05) is 13.8 Å². The monoisotopic (exact) mass is 249 g/mol. The molecule has 0 saturated heterocycles. The van der Waals surface area contributed by atoms with Gasteiger partial charge in [0.1, 0.15) is 0 Å². The van der Waals surface area contributed by atoms with Gasteiger partial charge in [-0.15, -0.1) is 11.3 Å². The number of fused-ring (bicyclic) bond motifs is 1. The number of benzene rings is 1. The lowest BCUT2D eigenvalue weighted by Crippen LogP contribution is -2.12. The van der Waals surface area contributed by atoms with Gasteiger partial charge in [0.25, 0.3) is 5.78 Å². The number of Topliss-reactive ketones (excluding diaryl/α,β-unsaturated/α-hetero) is 1. The third kappa shape index (κ3) is 2.19. The first-order valence-electron chi connectivity index (χ1n) is 5.17. The van der Waals surface area contributed by atoms with E-state index in [1.165, 1.54) is 12.1 Å². The Hall–Kier alpha value is -1.75. The molecule has 0 aliphatic carbocycles. The van der Waals surface area contributed by atoms with Crippen molar-refractivity contribution in [2.24, 2.45) is 0 Å². The molecule has 4 nitrogen and oxygen atoms in total. The maximum atomic E-state index is 11.3. The van der Waals surface area contributed by atoms with Gasteiger partial charge in [-0.3, -0.25) is 4.79 Å². The molecule has 5 heteroatoms. The molecule has 0 spiro atoms. The molecule has 1 heterocycles. The fraction of sp³-hybridized carbons (Fsp3) is 0.250. The summed E-state index contributed by atoms with van der Waals surface area (Å²) in [4.78, 5) is 26.3. The Morgan fingerprint density at radius 1 is 1.35 bits per heavy atom. The lowest BCUT2D eigenvalue weighted by atomic mass is 10.1. The first-order valence-corrected chi connectivity index (χ1v) is 5.99. The Kier molecular flexibility index (Phi) is 2.93. The van der Waals surface area contributed by atoms with Crippen molar-refractivity contribution in [3.8, 4) is 0 Å². The third-order valence-electron chi connectivity index (χ3n) is 2.35. The lowest BCUT2D eigenvalue weighted by molar-refractivity contribution is -0.131. The van der Waals surface area contributed by atoms with Crippen molar-refractivity contribution >= 4 is 33.3 Å². The summed E-state index contributed by atoms with van der Waals surface area (Å²) in [6.45, 7) is 4.09. The summed E-state index contributed by atoms with van der Waals surface area (Å²) in [5.41, 5.74) is 0.858. The maximum Gasteiger partial charge on any atom is 0.377 e. The Morgan fingerprint density at radius 3 is 2.65 bits per heavy atom. The van der Waals surface area contributed by atoms with Crippen molar-refractivity contribution < 1.29 is 14.7 Å². The van der Waals surface area contributed by atoms with Gasteiger partial charge in [0.2, 0.25) is 0 Å². The van der Waals surface area contributed by atoms with Crippen LogP contribution < -0.4 is 0 Å². The third-order valence-corrected chi connectivity index (χ3v) is 3.69.